The number of nitrogens with one attached hydrogen (secondary N) is 1. The van der Waals surface area contributed by atoms with Crippen molar-refractivity contribution in [3.63, 3.8) is 0 Å². The number of hydrogen-bond donors (Lipinski definition) is 2. The van der Waals surface area contributed by atoms with E-state index in [-0.39, 0.29) is 5.82 Å². The van der Waals surface area contributed by atoms with E-state index >= 15 is 0 Å². The summed E-state index contributed by atoms with van der Waals surface area (Å²) >= 11 is 3.14. The molecule has 3 N–H and O–H groups in total. The lowest BCUT2D eigenvalue weighted by Gasteiger charge is -2.10. The van der Waals surface area contributed by atoms with E-state index in [1.807, 2.05) is 0 Å². The summed E-state index contributed by atoms with van der Waals surface area (Å²) in [6.45, 7) is 2.74. The number of unbranched alkanes of at least 4 members (excludes halogenated alkanes) is 1. The highest BCUT2D eigenvalue weighted by Crippen LogP contribution is 2.26. The van der Waals surface area contributed by atoms with Gasteiger partial charge in [-0.2, -0.15) is 0 Å². The predicted octanol–water partition coefficient (Wildman–Crippen LogP) is 3.03. The van der Waals surface area contributed by atoms with Gasteiger partial charge >= 0.3 is 0 Å². The van der Waals surface area contributed by atoms with Crippen molar-refractivity contribution in [1.82, 2.24) is 0 Å². The molecule has 0 spiro atoms. The van der Waals surface area contributed by atoms with E-state index in [0.717, 1.165) is 25.1 Å². The number of anilines is 2. The van der Waals surface area contributed by atoms with Crippen LogP contribution in [0.2, 0.25) is 0 Å². The van der Waals surface area contributed by atoms with Gasteiger partial charge in [-0.3, -0.25) is 0 Å². The van der Waals surface area contributed by atoms with E-state index in [1.165, 1.54) is 6.07 Å². The number of ether oxygens (including phenoxy) is 2. The molecule has 1 aromatic carbocycles. The number of halogens is 2. The molecule has 0 aromatic heterocycles. The Labute approximate surface area is 121 Å². The Balaban J connectivity index is 2.17. The fourth-order valence-electron chi connectivity index (χ4n) is 1.51. The van der Waals surface area contributed by atoms with E-state index in [1.54, 1.807) is 13.2 Å². The van der Waals surface area contributed by atoms with E-state index in [4.69, 9.17) is 15.2 Å². The van der Waals surface area contributed by atoms with Gasteiger partial charge in [-0.15, -0.1) is 0 Å². The summed E-state index contributed by atoms with van der Waals surface area (Å²) < 4.78 is 23.8. The first-order valence-corrected chi connectivity index (χ1v) is 6.99. The maximum atomic E-state index is 13.2. The minimum Gasteiger partial charge on any atom is -0.397 e. The lowest BCUT2D eigenvalue weighted by atomic mass is 10.2. The highest BCUT2D eigenvalue weighted by atomic mass is 79.9. The molecule has 0 radical (unpaired) electrons. The average molecular weight is 335 g/mol. The van der Waals surface area contributed by atoms with Gasteiger partial charge in [-0.25, -0.2) is 4.39 Å². The van der Waals surface area contributed by atoms with Gasteiger partial charge < -0.3 is 20.5 Å². The minimum absolute atomic E-state index is 0.352. The maximum absolute atomic E-state index is 13.2. The first-order valence-electron chi connectivity index (χ1n) is 6.20. The number of nitrogen functional groups attached to an aromatic ring is 1. The molecule has 0 saturated heterocycles. The lowest BCUT2D eigenvalue weighted by Crippen LogP contribution is -2.07. The fraction of sp³-hybridized carbons (Fsp3) is 0.538. The van der Waals surface area contributed by atoms with Crippen LogP contribution < -0.4 is 11.1 Å². The summed E-state index contributed by atoms with van der Waals surface area (Å²) in [7, 11) is 1.65. The molecule has 1 rings (SSSR count). The maximum Gasteiger partial charge on any atom is 0.139 e. The van der Waals surface area contributed by atoms with Crippen LogP contribution in [-0.4, -0.2) is 33.5 Å². The summed E-state index contributed by atoms with van der Waals surface area (Å²) in [4.78, 5) is 0. The number of rotatable bonds is 9. The second-order valence-electron chi connectivity index (χ2n) is 4.09. The van der Waals surface area contributed by atoms with Gasteiger partial charge in [0.2, 0.25) is 0 Å². The zero-order valence-electron chi connectivity index (χ0n) is 11.0. The van der Waals surface area contributed by atoms with Crippen molar-refractivity contribution < 1.29 is 13.9 Å². The van der Waals surface area contributed by atoms with E-state index in [0.29, 0.717) is 30.0 Å². The molecule has 0 amide bonds. The molecule has 0 unspecified atom stereocenters. The van der Waals surface area contributed by atoms with Crippen molar-refractivity contribution in [2.24, 2.45) is 0 Å². The van der Waals surface area contributed by atoms with Gasteiger partial charge in [-0.05, 0) is 34.8 Å². The second kappa shape index (κ2) is 9.12. The summed E-state index contributed by atoms with van der Waals surface area (Å²) in [6.07, 6.45) is 1.92. The SMILES string of the molecule is COCCOCCCCNc1cc(Br)c(F)cc1N. The Morgan fingerprint density at radius 3 is 2.79 bits per heavy atom. The Morgan fingerprint density at radius 2 is 2.05 bits per heavy atom. The van der Waals surface area contributed by atoms with Gasteiger partial charge in [0.15, 0.2) is 0 Å². The lowest BCUT2D eigenvalue weighted by molar-refractivity contribution is 0.0691. The minimum atomic E-state index is -0.352. The fourth-order valence-corrected chi connectivity index (χ4v) is 1.86. The van der Waals surface area contributed by atoms with Crippen molar-refractivity contribution in [3.8, 4) is 0 Å². The Bertz CT molecular complexity index is 391. The third-order valence-corrected chi connectivity index (χ3v) is 3.16. The molecule has 0 atom stereocenters. The summed E-state index contributed by atoms with van der Waals surface area (Å²) in [6, 6.07) is 2.96. The molecule has 4 nitrogen and oxygen atoms in total. The summed E-state index contributed by atoms with van der Waals surface area (Å²) in [5.41, 5.74) is 6.88. The monoisotopic (exact) mass is 334 g/mol. The van der Waals surface area contributed by atoms with Crippen molar-refractivity contribution in [2.45, 2.75) is 12.8 Å². The molecule has 1 aromatic rings. The van der Waals surface area contributed by atoms with Gasteiger partial charge in [0.1, 0.15) is 5.82 Å². The predicted molar refractivity (Wildman–Crippen MR) is 78.9 cm³/mol. The largest absolute Gasteiger partial charge is 0.397 e. The van der Waals surface area contributed by atoms with Gasteiger partial charge in [0, 0.05) is 26.3 Å². The average Bonchev–Trinajstić information content (AvgIpc) is 2.38. The van der Waals surface area contributed by atoms with Crippen molar-refractivity contribution >= 4 is 27.3 Å². The molecule has 0 aliphatic rings. The standard InChI is InChI=1S/C13H20BrFN2O2/c1-18-6-7-19-5-3-2-4-17-13-8-10(14)11(15)9-12(13)16/h8-9,17H,2-7,16H2,1H3. The molecular weight excluding hydrogens is 315 g/mol. The summed E-state index contributed by atoms with van der Waals surface area (Å²) in [5.74, 6) is -0.352. The van der Waals surface area contributed by atoms with Crippen LogP contribution in [0.3, 0.4) is 0 Å². The van der Waals surface area contributed by atoms with Crippen molar-refractivity contribution in [1.29, 1.82) is 0 Å². The molecule has 6 heteroatoms. The zero-order chi connectivity index (χ0) is 14.1. The first-order chi connectivity index (χ1) is 9.15. The Kier molecular flexibility index (Phi) is 7.78. The van der Waals surface area contributed by atoms with Crippen LogP contribution in [0.5, 0.6) is 0 Å². The molecule has 0 fully saturated rings. The Morgan fingerprint density at radius 1 is 1.26 bits per heavy atom. The normalized spacial score (nSPS) is 10.7. The Hall–Kier alpha value is -0.850. The highest BCUT2D eigenvalue weighted by molar-refractivity contribution is 9.10. The molecule has 0 aliphatic carbocycles. The van der Waals surface area contributed by atoms with Crippen LogP contribution in [0, 0.1) is 5.82 Å². The van der Waals surface area contributed by atoms with Crippen LogP contribution in [0.4, 0.5) is 15.8 Å². The van der Waals surface area contributed by atoms with E-state index < -0.39 is 0 Å². The second-order valence-corrected chi connectivity index (χ2v) is 4.95. The van der Waals surface area contributed by atoms with Gasteiger partial charge in [0.25, 0.3) is 0 Å². The van der Waals surface area contributed by atoms with Crippen LogP contribution in [0.15, 0.2) is 16.6 Å². The molecule has 0 saturated carbocycles. The van der Waals surface area contributed by atoms with Gasteiger partial charge in [0.05, 0.1) is 29.1 Å². The molecular formula is C13H20BrFN2O2. The molecule has 19 heavy (non-hydrogen) atoms. The third-order valence-electron chi connectivity index (χ3n) is 2.56. The smallest absolute Gasteiger partial charge is 0.139 e. The molecule has 0 heterocycles. The van der Waals surface area contributed by atoms with E-state index in [2.05, 4.69) is 21.2 Å². The quantitative estimate of drug-likeness (QED) is 0.538. The number of methoxy groups -OCH3 is 1. The molecule has 108 valence electrons. The van der Waals surface area contributed by atoms with Crippen LogP contribution in [0.25, 0.3) is 0 Å². The number of nitrogens with two attached hydrogens (primary N) is 1. The highest BCUT2D eigenvalue weighted by Gasteiger charge is 2.05. The van der Waals surface area contributed by atoms with E-state index in [9.17, 15) is 4.39 Å². The number of hydrogen-bond acceptors (Lipinski definition) is 4. The van der Waals surface area contributed by atoms with Crippen LogP contribution in [0.1, 0.15) is 12.8 Å². The van der Waals surface area contributed by atoms with Crippen LogP contribution in [-0.2, 0) is 9.47 Å². The molecule has 0 bridgehead atoms. The van der Waals surface area contributed by atoms with Crippen molar-refractivity contribution in [2.75, 3.05) is 44.5 Å². The van der Waals surface area contributed by atoms with Crippen molar-refractivity contribution in [3.05, 3.63) is 22.4 Å². The number of benzene rings is 1. The topological polar surface area (TPSA) is 56.5 Å². The first kappa shape index (κ1) is 16.2. The zero-order valence-corrected chi connectivity index (χ0v) is 12.6. The van der Waals surface area contributed by atoms with Crippen LogP contribution >= 0.6 is 15.9 Å². The van der Waals surface area contributed by atoms with Gasteiger partial charge in [-0.1, -0.05) is 0 Å². The summed E-state index contributed by atoms with van der Waals surface area (Å²) in [5, 5.41) is 3.18. The molecule has 0 aliphatic heterocycles. The third kappa shape index (κ3) is 6.22.